The van der Waals surface area contributed by atoms with Crippen LogP contribution in [0.25, 0.3) is 11.0 Å². The summed E-state index contributed by atoms with van der Waals surface area (Å²) in [6.45, 7) is 1.57. The van der Waals surface area contributed by atoms with E-state index < -0.39 is 26.5 Å². The summed E-state index contributed by atoms with van der Waals surface area (Å²) >= 11 is 0. The molecule has 3 rings (SSSR count). The fourth-order valence-corrected chi connectivity index (χ4v) is 4.08. The van der Waals surface area contributed by atoms with Gasteiger partial charge in [0.25, 0.3) is 0 Å². The molecule has 122 valence electrons. The molecule has 4 nitrogen and oxygen atoms in total. The van der Waals surface area contributed by atoms with E-state index >= 15 is 0 Å². The van der Waals surface area contributed by atoms with Crippen LogP contribution in [-0.4, -0.2) is 22.1 Å². The molecule has 2 aromatic rings. The highest BCUT2D eigenvalue weighted by atomic mass is 32.2. The van der Waals surface area contributed by atoms with Crippen molar-refractivity contribution in [3.05, 3.63) is 54.4 Å². The Balaban J connectivity index is 2.14. The molecule has 0 saturated heterocycles. The molecule has 0 saturated carbocycles. The third kappa shape index (κ3) is 2.46. The first-order valence-electron chi connectivity index (χ1n) is 6.79. The Morgan fingerprint density at radius 2 is 2.04 bits per heavy atom. The van der Waals surface area contributed by atoms with Crippen molar-refractivity contribution in [2.24, 2.45) is 0 Å². The van der Waals surface area contributed by atoms with E-state index in [1.165, 1.54) is 12.3 Å². The largest absolute Gasteiger partial charge is 0.417 e. The third-order valence-electron chi connectivity index (χ3n) is 3.89. The number of hydrogen-bond acceptors (Lipinski definition) is 3. The lowest BCUT2D eigenvalue weighted by atomic mass is 10.0. The number of nitrogens with zero attached hydrogens (tertiary/aromatic N) is 2. The highest BCUT2D eigenvalue weighted by Gasteiger charge is 2.39. The van der Waals surface area contributed by atoms with Gasteiger partial charge < -0.3 is 0 Å². The molecule has 0 bridgehead atoms. The minimum absolute atomic E-state index is 0.0119. The standard InChI is InChI=1S/C15H13F3N2O2S/c1-14(6-3-2-4-7-14)23(21,22)20-8-5-11-9-12(15(16,17)18)10-19-13(11)20/h2-6,8-10H,7H2,1H3. The SMILES string of the molecule is CC1(S(=O)(=O)n2ccc3cc(C(F)(F)F)cnc32)C=CC=CC1. The molecule has 0 aliphatic heterocycles. The minimum atomic E-state index is -4.52. The van der Waals surface area contributed by atoms with Crippen LogP contribution in [0, 0.1) is 0 Å². The fourth-order valence-electron chi connectivity index (χ4n) is 2.47. The Morgan fingerprint density at radius 3 is 2.65 bits per heavy atom. The molecule has 0 aromatic carbocycles. The predicted molar refractivity (Wildman–Crippen MR) is 80.4 cm³/mol. The number of allylic oxidation sites excluding steroid dienone is 3. The number of alkyl halides is 3. The second-order valence-electron chi connectivity index (χ2n) is 5.56. The van der Waals surface area contributed by atoms with E-state index in [0.717, 1.165) is 10.0 Å². The number of aromatic nitrogens is 2. The van der Waals surface area contributed by atoms with Crippen molar-refractivity contribution < 1.29 is 21.6 Å². The maximum Gasteiger partial charge on any atom is 0.417 e. The van der Waals surface area contributed by atoms with Crippen LogP contribution in [0.3, 0.4) is 0 Å². The first kappa shape index (κ1) is 15.8. The van der Waals surface area contributed by atoms with Crippen LogP contribution in [0.2, 0.25) is 0 Å². The zero-order valence-corrected chi connectivity index (χ0v) is 12.9. The second kappa shape index (κ2) is 4.95. The van der Waals surface area contributed by atoms with E-state index in [2.05, 4.69) is 4.98 Å². The number of halogens is 3. The molecule has 0 fully saturated rings. The van der Waals surface area contributed by atoms with E-state index in [4.69, 9.17) is 0 Å². The van der Waals surface area contributed by atoms with E-state index in [1.54, 1.807) is 31.2 Å². The van der Waals surface area contributed by atoms with Crippen LogP contribution >= 0.6 is 0 Å². The van der Waals surface area contributed by atoms with Gasteiger partial charge >= 0.3 is 6.18 Å². The Morgan fingerprint density at radius 1 is 1.30 bits per heavy atom. The number of hydrogen-bond donors (Lipinski definition) is 0. The maximum atomic E-state index is 12.9. The van der Waals surface area contributed by atoms with E-state index in [1.807, 2.05) is 0 Å². The Labute approximate surface area is 131 Å². The summed E-state index contributed by atoms with van der Waals surface area (Å²) in [5.74, 6) is 0. The third-order valence-corrected chi connectivity index (χ3v) is 6.18. The van der Waals surface area contributed by atoms with Gasteiger partial charge in [0.1, 0.15) is 4.75 Å². The van der Waals surface area contributed by atoms with Crippen molar-refractivity contribution in [1.82, 2.24) is 8.96 Å². The van der Waals surface area contributed by atoms with Gasteiger partial charge in [-0.25, -0.2) is 17.4 Å². The molecule has 1 aliphatic carbocycles. The molecule has 1 aliphatic rings. The number of pyridine rings is 1. The Bertz CT molecular complexity index is 926. The number of rotatable bonds is 2. The van der Waals surface area contributed by atoms with Crippen molar-refractivity contribution in [1.29, 1.82) is 0 Å². The summed E-state index contributed by atoms with van der Waals surface area (Å²) in [6.07, 6.45) is 4.34. The molecule has 1 unspecified atom stereocenters. The predicted octanol–water partition coefficient (Wildman–Crippen LogP) is 3.51. The van der Waals surface area contributed by atoms with Crippen LogP contribution in [-0.2, 0) is 16.2 Å². The molecule has 0 spiro atoms. The second-order valence-corrected chi connectivity index (χ2v) is 7.83. The van der Waals surface area contributed by atoms with E-state index in [0.29, 0.717) is 6.20 Å². The van der Waals surface area contributed by atoms with Crippen LogP contribution in [0.5, 0.6) is 0 Å². The maximum absolute atomic E-state index is 12.9. The highest BCUT2D eigenvalue weighted by molar-refractivity contribution is 7.91. The lowest BCUT2D eigenvalue weighted by molar-refractivity contribution is -0.137. The van der Waals surface area contributed by atoms with Gasteiger partial charge in [0, 0.05) is 17.8 Å². The zero-order valence-electron chi connectivity index (χ0n) is 12.1. The molecule has 23 heavy (non-hydrogen) atoms. The summed E-state index contributed by atoms with van der Waals surface area (Å²) < 4.78 is 63.7. The summed E-state index contributed by atoms with van der Waals surface area (Å²) in [5, 5.41) is 0.127. The average molecular weight is 342 g/mol. The average Bonchev–Trinajstić information content (AvgIpc) is 2.90. The van der Waals surface area contributed by atoms with Gasteiger partial charge in [0.15, 0.2) is 5.65 Å². The molecule has 2 heterocycles. The minimum Gasteiger partial charge on any atom is -0.237 e. The molecular formula is C15H13F3N2O2S. The van der Waals surface area contributed by atoms with Gasteiger partial charge in [0.05, 0.1) is 5.56 Å². The van der Waals surface area contributed by atoms with Gasteiger partial charge in [-0.2, -0.15) is 13.2 Å². The van der Waals surface area contributed by atoms with E-state index in [9.17, 15) is 21.6 Å². The van der Waals surface area contributed by atoms with Crippen LogP contribution in [0.15, 0.2) is 48.8 Å². The van der Waals surface area contributed by atoms with Crippen molar-refractivity contribution in [3.8, 4) is 0 Å². The summed E-state index contributed by atoms with van der Waals surface area (Å²) in [4.78, 5) is 3.72. The molecule has 0 radical (unpaired) electrons. The summed E-state index contributed by atoms with van der Waals surface area (Å²) in [7, 11) is -3.86. The first-order valence-corrected chi connectivity index (χ1v) is 8.23. The molecule has 0 N–H and O–H groups in total. The summed E-state index contributed by atoms with van der Waals surface area (Å²) in [5.41, 5.74) is -0.922. The fraction of sp³-hybridized carbons (Fsp3) is 0.267. The lowest BCUT2D eigenvalue weighted by Crippen LogP contribution is -2.37. The smallest absolute Gasteiger partial charge is 0.237 e. The molecule has 0 amide bonds. The highest BCUT2D eigenvalue weighted by Crippen LogP contribution is 2.33. The topological polar surface area (TPSA) is 52.0 Å². The van der Waals surface area contributed by atoms with Crippen LogP contribution in [0.4, 0.5) is 13.2 Å². The normalized spacial score (nSPS) is 21.9. The Kier molecular flexibility index (Phi) is 3.40. The van der Waals surface area contributed by atoms with Gasteiger partial charge in [0.2, 0.25) is 10.0 Å². The van der Waals surface area contributed by atoms with Crippen LogP contribution in [0.1, 0.15) is 18.9 Å². The van der Waals surface area contributed by atoms with Crippen molar-refractivity contribution >= 4 is 21.1 Å². The van der Waals surface area contributed by atoms with Crippen molar-refractivity contribution in [2.75, 3.05) is 0 Å². The van der Waals surface area contributed by atoms with Crippen LogP contribution < -0.4 is 0 Å². The quantitative estimate of drug-likeness (QED) is 0.839. The number of fused-ring (bicyclic) bond motifs is 1. The molecule has 8 heteroatoms. The summed E-state index contributed by atoms with van der Waals surface area (Å²) in [6, 6.07) is 2.22. The van der Waals surface area contributed by atoms with Crippen molar-refractivity contribution in [2.45, 2.75) is 24.3 Å². The molecule has 2 aromatic heterocycles. The van der Waals surface area contributed by atoms with Gasteiger partial charge in [-0.15, -0.1) is 0 Å². The Hall–Kier alpha value is -2.09. The molecule has 1 atom stereocenters. The van der Waals surface area contributed by atoms with Gasteiger partial charge in [-0.05, 0) is 25.5 Å². The monoisotopic (exact) mass is 342 g/mol. The molecular weight excluding hydrogens is 329 g/mol. The van der Waals surface area contributed by atoms with Gasteiger partial charge in [-0.1, -0.05) is 24.3 Å². The van der Waals surface area contributed by atoms with Gasteiger partial charge in [-0.3, -0.25) is 0 Å². The van der Waals surface area contributed by atoms with E-state index in [-0.39, 0.29) is 17.5 Å². The zero-order chi connectivity index (χ0) is 16.9. The first-order chi connectivity index (χ1) is 10.7. The lowest BCUT2D eigenvalue weighted by Gasteiger charge is -2.26. The van der Waals surface area contributed by atoms with Crippen molar-refractivity contribution in [3.63, 3.8) is 0 Å².